The Morgan fingerprint density at radius 1 is 0.882 bits per heavy atom. The van der Waals surface area contributed by atoms with Gasteiger partial charge in [0.2, 0.25) is 0 Å². The van der Waals surface area contributed by atoms with Gasteiger partial charge in [0.25, 0.3) is 5.91 Å². The Morgan fingerprint density at radius 2 is 1.68 bits per heavy atom. The first-order valence-electron chi connectivity index (χ1n) is 10.8. The summed E-state index contributed by atoms with van der Waals surface area (Å²) in [6, 6.07) is 26.5. The van der Waals surface area contributed by atoms with E-state index in [0.717, 1.165) is 33.3 Å². The molecule has 0 unspecified atom stereocenters. The van der Waals surface area contributed by atoms with E-state index in [1.54, 1.807) is 18.3 Å². The lowest BCUT2D eigenvalue weighted by atomic mass is 10.1. The molecule has 5 aromatic rings. The normalized spacial score (nSPS) is 10.6. The molecule has 0 aliphatic rings. The second-order valence-electron chi connectivity index (χ2n) is 7.82. The van der Waals surface area contributed by atoms with E-state index in [1.807, 2.05) is 96.8 Å². The largest absolute Gasteiger partial charge is 0.357 e. The van der Waals surface area contributed by atoms with Crippen LogP contribution in [0.2, 0.25) is 0 Å². The highest BCUT2D eigenvalue weighted by molar-refractivity contribution is 6.04. The van der Waals surface area contributed by atoms with Crippen molar-refractivity contribution in [2.24, 2.45) is 12.0 Å². The summed E-state index contributed by atoms with van der Waals surface area (Å²) in [7, 11) is 1.96. The number of aryl methyl sites for hydroxylation is 1. The molecule has 0 radical (unpaired) electrons. The fraction of sp³-hybridized carbons (Fsp3) is 0.0370. The summed E-state index contributed by atoms with van der Waals surface area (Å²) in [6.07, 6.45) is 5.57. The molecule has 0 bridgehead atoms. The van der Waals surface area contributed by atoms with Gasteiger partial charge in [-0.3, -0.25) is 4.79 Å². The van der Waals surface area contributed by atoms with Crippen LogP contribution >= 0.6 is 0 Å². The zero-order valence-corrected chi connectivity index (χ0v) is 18.5. The van der Waals surface area contributed by atoms with Crippen LogP contribution in [0.25, 0.3) is 10.9 Å². The van der Waals surface area contributed by atoms with E-state index in [9.17, 15) is 4.79 Å². The standard InChI is InChI=1S/C27H22N6O/c1-33-15-13-21(14-16-33)29-22-5-4-6-23(17-22)31-27(34)19-9-11-20(12-10-19)30-26-18-28-32-25-8-3-2-7-24(25)26/h2-18H,1H3,(H,30,32)(H,31,34). The molecule has 0 spiro atoms. The molecule has 2 N–H and O–H groups in total. The third-order valence-electron chi connectivity index (χ3n) is 5.30. The number of fused-ring (bicyclic) bond motifs is 1. The summed E-state index contributed by atoms with van der Waals surface area (Å²) < 4.78 is 1.95. The number of aromatic nitrogens is 3. The maximum atomic E-state index is 12.8. The van der Waals surface area contributed by atoms with E-state index >= 15 is 0 Å². The second kappa shape index (κ2) is 9.38. The molecule has 7 heteroatoms. The molecule has 0 aliphatic heterocycles. The second-order valence-corrected chi connectivity index (χ2v) is 7.82. The summed E-state index contributed by atoms with van der Waals surface area (Å²) in [5, 5.41) is 16.3. The van der Waals surface area contributed by atoms with Crippen LogP contribution in [0.1, 0.15) is 10.4 Å². The average Bonchev–Trinajstić information content (AvgIpc) is 2.86. The van der Waals surface area contributed by atoms with E-state index in [-0.39, 0.29) is 5.91 Å². The van der Waals surface area contributed by atoms with Crippen molar-refractivity contribution in [1.29, 1.82) is 0 Å². The Labute approximate surface area is 196 Å². The fourth-order valence-corrected chi connectivity index (χ4v) is 3.54. The maximum absolute atomic E-state index is 12.8. The monoisotopic (exact) mass is 446 g/mol. The first kappa shape index (κ1) is 21.1. The van der Waals surface area contributed by atoms with Crippen molar-refractivity contribution >= 4 is 39.6 Å². The first-order chi connectivity index (χ1) is 16.6. The van der Waals surface area contributed by atoms with Crippen molar-refractivity contribution in [3.63, 3.8) is 0 Å². The van der Waals surface area contributed by atoms with Crippen LogP contribution in [0.3, 0.4) is 0 Å². The summed E-state index contributed by atoms with van der Waals surface area (Å²) >= 11 is 0. The Hall–Kier alpha value is -4.78. The number of hydrogen-bond acceptors (Lipinski definition) is 5. The van der Waals surface area contributed by atoms with E-state index in [2.05, 4.69) is 25.8 Å². The molecule has 0 saturated heterocycles. The Kier molecular flexibility index (Phi) is 5.82. The number of carbonyl (C=O) groups is 1. The molecule has 0 saturated carbocycles. The van der Waals surface area contributed by atoms with Crippen molar-refractivity contribution in [3.8, 4) is 0 Å². The molecule has 3 aromatic carbocycles. The fourth-order valence-electron chi connectivity index (χ4n) is 3.54. The summed E-state index contributed by atoms with van der Waals surface area (Å²) in [6.45, 7) is 0. The quantitative estimate of drug-likeness (QED) is 0.389. The highest BCUT2D eigenvalue weighted by atomic mass is 16.1. The van der Waals surface area contributed by atoms with Gasteiger partial charge in [0.1, 0.15) is 0 Å². The lowest BCUT2D eigenvalue weighted by molar-refractivity contribution is 0.102. The van der Waals surface area contributed by atoms with Gasteiger partial charge in [0.05, 0.1) is 28.4 Å². The average molecular weight is 447 g/mol. The highest BCUT2D eigenvalue weighted by Gasteiger charge is 2.08. The topological polar surface area (TPSA) is 84.2 Å². The smallest absolute Gasteiger partial charge is 0.255 e. The lowest BCUT2D eigenvalue weighted by Crippen LogP contribution is -2.11. The number of carbonyl (C=O) groups excluding carboxylic acids is 1. The predicted molar refractivity (Wildman–Crippen MR) is 134 cm³/mol. The van der Waals surface area contributed by atoms with Gasteiger partial charge in [-0.25, -0.2) is 4.99 Å². The molecule has 166 valence electrons. The number of nitrogens with zero attached hydrogens (tertiary/aromatic N) is 4. The molecule has 7 nitrogen and oxygen atoms in total. The van der Waals surface area contributed by atoms with Gasteiger partial charge in [-0.05, 0) is 60.7 Å². The van der Waals surface area contributed by atoms with Crippen LogP contribution < -0.4 is 16.0 Å². The van der Waals surface area contributed by atoms with Crippen molar-refractivity contribution in [2.45, 2.75) is 0 Å². The van der Waals surface area contributed by atoms with Crippen LogP contribution in [0.15, 0.2) is 109 Å². The van der Waals surface area contributed by atoms with E-state index in [4.69, 9.17) is 0 Å². The summed E-state index contributed by atoms with van der Waals surface area (Å²) in [5.41, 5.74) is 4.54. The minimum Gasteiger partial charge on any atom is -0.357 e. The number of benzene rings is 3. The number of anilines is 3. The number of hydrogen-bond donors (Lipinski definition) is 2. The van der Waals surface area contributed by atoms with Crippen LogP contribution in [0, 0.1) is 0 Å². The molecule has 2 heterocycles. The van der Waals surface area contributed by atoms with Gasteiger partial charge in [-0.15, -0.1) is 0 Å². The van der Waals surface area contributed by atoms with Crippen LogP contribution in [-0.4, -0.2) is 20.7 Å². The first-order valence-corrected chi connectivity index (χ1v) is 10.8. The number of amides is 1. The van der Waals surface area contributed by atoms with E-state index in [0.29, 0.717) is 11.3 Å². The Bertz CT molecular complexity index is 1510. The van der Waals surface area contributed by atoms with Crippen LogP contribution in [-0.2, 0) is 7.05 Å². The highest BCUT2D eigenvalue weighted by Crippen LogP contribution is 2.24. The molecule has 2 aromatic heterocycles. The maximum Gasteiger partial charge on any atom is 0.255 e. The minimum atomic E-state index is -0.188. The van der Waals surface area contributed by atoms with Crippen molar-refractivity contribution < 1.29 is 4.79 Å². The molecule has 0 atom stereocenters. The summed E-state index contributed by atoms with van der Waals surface area (Å²) in [4.78, 5) is 17.4. The molecular formula is C27H22N6O. The molecule has 34 heavy (non-hydrogen) atoms. The third kappa shape index (κ3) is 4.83. The zero-order chi connectivity index (χ0) is 23.3. The van der Waals surface area contributed by atoms with Gasteiger partial charge < -0.3 is 15.2 Å². The van der Waals surface area contributed by atoms with Crippen LogP contribution in [0.4, 0.5) is 22.7 Å². The van der Waals surface area contributed by atoms with Crippen molar-refractivity contribution in [2.75, 3.05) is 10.6 Å². The molecule has 0 aliphatic carbocycles. The Balaban J connectivity index is 1.29. The number of nitrogens with one attached hydrogen (secondary N) is 2. The SMILES string of the molecule is Cn1ccc(=Nc2cccc(NC(=O)c3ccc(Nc4cnnc5ccccc45)cc3)c2)cc1. The molecule has 0 fully saturated rings. The zero-order valence-electron chi connectivity index (χ0n) is 18.5. The number of pyridine rings is 1. The van der Waals surface area contributed by atoms with E-state index < -0.39 is 0 Å². The molecule has 1 amide bonds. The lowest BCUT2D eigenvalue weighted by Gasteiger charge is -2.10. The van der Waals surface area contributed by atoms with Gasteiger partial charge in [0.15, 0.2) is 0 Å². The van der Waals surface area contributed by atoms with E-state index in [1.165, 1.54) is 0 Å². The van der Waals surface area contributed by atoms with Gasteiger partial charge in [0, 0.05) is 41.8 Å². The predicted octanol–water partition coefficient (Wildman–Crippen LogP) is 5.20. The van der Waals surface area contributed by atoms with Crippen molar-refractivity contribution in [3.05, 3.63) is 114 Å². The Morgan fingerprint density at radius 3 is 2.50 bits per heavy atom. The van der Waals surface area contributed by atoms with Crippen molar-refractivity contribution in [1.82, 2.24) is 14.8 Å². The minimum absolute atomic E-state index is 0.188. The van der Waals surface area contributed by atoms with Gasteiger partial charge >= 0.3 is 0 Å². The molecule has 5 rings (SSSR count). The van der Waals surface area contributed by atoms with Gasteiger partial charge in [-0.2, -0.15) is 10.2 Å². The molecular weight excluding hydrogens is 424 g/mol. The summed E-state index contributed by atoms with van der Waals surface area (Å²) in [5.74, 6) is -0.188. The van der Waals surface area contributed by atoms with Gasteiger partial charge in [-0.1, -0.05) is 24.3 Å². The van der Waals surface area contributed by atoms with Crippen LogP contribution in [0.5, 0.6) is 0 Å². The third-order valence-corrected chi connectivity index (χ3v) is 5.30. The number of rotatable bonds is 5.